The first-order valence-electron chi connectivity index (χ1n) is 7.90. The molecule has 1 fully saturated rings. The Balaban J connectivity index is 1.80. The molecule has 1 aliphatic carbocycles. The summed E-state index contributed by atoms with van der Waals surface area (Å²) in [5.41, 5.74) is 1.04. The second-order valence-corrected chi connectivity index (χ2v) is 6.36. The highest BCUT2D eigenvalue weighted by Gasteiger charge is 2.36. The zero-order valence-electron chi connectivity index (χ0n) is 13.6. The number of nitro groups is 1. The monoisotopic (exact) mass is 360 g/mol. The summed E-state index contributed by atoms with van der Waals surface area (Å²) in [5, 5.41) is 13.8. The number of pyridine rings is 1. The smallest absolute Gasteiger partial charge is 0.315 e. The summed E-state index contributed by atoms with van der Waals surface area (Å²) in [6.07, 6.45) is 5.31. The molecular formula is C17H17ClN4O3. The highest BCUT2D eigenvalue weighted by Crippen LogP contribution is 2.35. The van der Waals surface area contributed by atoms with E-state index in [-0.39, 0.29) is 28.8 Å². The van der Waals surface area contributed by atoms with Gasteiger partial charge in [-0.2, -0.15) is 0 Å². The van der Waals surface area contributed by atoms with Gasteiger partial charge in [0.15, 0.2) is 0 Å². The third-order valence-electron chi connectivity index (χ3n) is 4.15. The van der Waals surface area contributed by atoms with Gasteiger partial charge in [-0.1, -0.05) is 17.7 Å². The van der Waals surface area contributed by atoms with Crippen LogP contribution >= 0.6 is 11.6 Å². The number of halogens is 1. The Hall–Kier alpha value is -2.67. The minimum Gasteiger partial charge on any atom is -0.315 e. The molecule has 8 heteroatoms. The molecule has 1 heterocycles. The maximum absolute atomic E-state index is 12.8. The highest BCUT2D eigenvalue weighted by atomic mass is 35.5. The van der Waals surface area contributed by atoms with Crippen LogP contribution < -0.4 is 5.32 Å². The van der Waals surface area contributed by atoms with Crippen LogP contribution in [0.2, 0.25) is 5.02 Å². The number of nitro benzene ring substituents is 1. The molecule has 7 nitrogen and oxygen atoms in total. The molecule has 0 aliphatic heterocycles. The summed E-state index contributed by atoms with van der Waals surface area (Å²) < 4.78 is 0. The Kier molecular flexibility index (Phi) is 4.85. The van der Waals surface area contributed by atoms with Crippen molar-refractivity contribution in [2.24, 2.45) is 0 Å². The van der Waals surface area contributed by atoms with Crippen LogP contribution in [-0.4, -0.2) is 26.9 Å². The molecule has 0 radical (unpaired) electrons. The molecule has 25 heavy (non-hydrogen) atoms. The van der Waals surface area contributed by atoms with Gasteiger partial charge in [0.2, 0.25) is 0 Å². The van der Waals surface area contributed by atoms with Crippen LogP contribution in [0.15, 0.2) is 42.7 Å². The quantitative estimate of drug-likeness (QED) is 0.632. The third kappa shape index (κ3) is 3.88. The number of rotatable bonds is 5. The number of benzene rings is 1. The molecule has 1 aromatic carbocycles. The molecule has 1 N–H and O–H groups in total. The van der Waals surface area contributed by atoms with Gasteiger partial charge in [-0.05, 0) is 43.5 Å². The number of nitrogens with one attached hydrogen (secondary N) is 1. The Morgan fingerprint density at radius 3 is 2.80 bits per heavy atom. The molecule has 0 saturated heterocycles. The van der Waals surface area contributed by atoms with Crippen LogP contribution in [0.1, 0.15) is 31.4 Å². The fourth-order valence-corrected chi connectivity index (χ4v) is 2.90. The van der Waals surface area contributed by atoms with Crippen molar-refractivity contribution in [1.82, 2.24) is 9.88 Å². The SMILES string of the molecule is C[C@H](c1cccnc1)N(C(=O)Nc1ccc(Cl)c([N+](=O)[O-])c1)C1CC1. The molecule has 0 bridgehead atoms. The minimum atomic E-state index is -0.574. The van der Waals surface area contributed by atoms with Crippen molar-refractivity contribution in [2.45, 2.75) is 31.8 Å². The molecule has 2 aromatic rings. The summed E-state index contributed by atoms with van der Waals surface area (Å²) in [5.74, 6) is 0. The molecule has 0 unspecified atom stereocenters. The van der Waals surface area contributed by atoms with Gasteiger partial charge < -0.3 is 10.2 Å². The van der Waals surface area contributed by atoms with Crippen molar-refractivity contribution in [3.63, 3.8) is 0 Å². The topological polar surface area (TPSA) is 88.4 Å². The Bertz CT molecular complexity index is 796. The van der Waals surface area contributed by atoms with Crippen LogP contribution in [0.5, 0.6) is 0 Å². The number of urea groups is 1. The third-order valence-corrected chi connectivity index (χ3v) is 4.47. The lowest BCUT2D eigenvalue weighted by Crippen LogP contribution is -2.38. The molecule has 0 spiro atoms. The molecule has 3 rings (SSSR count). The van der Waals surface area contributed by atoms with E-state index in [1.165, 1.54) is 12.1 Å². The average molecular weight is 361 g/mol. The van der Waals surface area contributed by atoms with Crippen molar-refractivity contribution in [1.29, 1.82) is 0 Å². The first-order chi connectivity index (χ1) is 12.0. The zero-order valence-corrected chi connectivity index (χ0v) is 14.3. The van der Waals surface area contributed by atoms with Crippen molar-refractivity contribution in [2.75, 3.05) is 5.32 Å². The first-order valence-corrected chi connectivity index (χ1v) is 8.28. The number of carbonyl (C=O) groups excluding carboxylic acids is 1. The standard InChI is InChI=1S/C17H17ClN4O3/c1-11(12-3-2-8-19-10-12)21(14-5-6-14)17(23)20-13-4-7-15(18)16(9-13)22(24)25/h2-4,7-11,14H,5-6H2,1H3,(H,20,23)/t11-/m1/s1. The number of amides is 2. The van der Waals surface area contributed by atoms with Gasteiger partial charge in [0.05, 0.1) is 11.0 Å². The van der Waals surface area contributed by atoms with E-state index in [9.17, 15) is 14.9 Å². The van der Waals surface area contributed by atoms with E-state index in [1.807, 2.05) is 19.1 Å². The lowest BCUT2D eigenvalue weighted by atomic mass is 10.1. The number of aromatic nitrogens is 1. The average Bonchev–Trinajstić information content (AvgIpc) is 3.42. The van der Waals surface area contributed by atoms with E-state index in [0.717, 1.165) is 18.4 Å². The summed E-state index contributed by atoms with van der Waals surface area (Å²) in [4.78, 5) is 29.1. The van der Waals surface area contributed by atoms with Crippen molar-refractivity contribution >= 4 is 29.0 Å². The van der Waals surface area contributed by atoms with E-state index < -0.39 is 4.92 Å². The highest BCUT2D eigenvalue weighted by molar-refractivity contribution is 6.32. The Morgan fingerprint density at radius 1 is 1.44 bits per heavy atom. The van der Waals surface area contributed by atoms with Crippen molar-refractivity contribution in [3.05, 3.63) is 63.4 Å². The number of carbonyl (C=O) groups is 1. The molecule has 1 aromatic heterocycles. The molecular weight excluding hydrogens is 344 g/mol. The predicted molar refractivity (Wildman–Crippen MR) is 94.6 cm³/mol. The Labute approximate surface area is 149 Å². The molecule has 1 aliphatic rings. The number of hydrogen-bond donors (Lipinski definition) is 1. The second-order valence-electron chi connectivity index (χ2n) is 5.95. The molecule has 130 valence electrons. The molecule has 2 amide bonds. The van der Waals surface area contributed by atoms with Crippen molar-refractivity contribution < 1.29 is 9.72 Å². The van der Waals surface area contributed by atoms with Crippen LogP contribution in [0, 0.1) is 10.1 Å². The minimum absolute atomic E-state index is 0.0331. The fourth-order valence-electron chi connectivity index (χ4n) is 2.71. The van der Waals surface area contributed by atoms with Gasteiger partial charge in [0.1, 0.15) is 5.02 Å². The van der Waals surface area contributed by atoms with Gasteiger partial charge in [0.25, 0.3) is 5.69 Å². The largest absolute Gasteiger partial charge is 0.322 e. The van der Waals surface area contributed by atoms with Gasteiger partial charge in [-0.15, -0.1) is 0 Å². The molecule has 1 atom stereocenters. The van der Waals surface area contributed by atoms with E-state index in [2.05, 4.69) is 10.3 Å². The van der Waals surface area contributed by atoms with Crippen LogP contribution in [0.4, 0.5) is 16.2 Å². The summed E-state index contributed by atoms with van der Waals surface area (Å²) in [6, 6.07) is 7.69. The number of anilines is 1. The molecule has 1 saturated carbocycles. The lowest BCUT2D eigenvalue weighted by Gasteiger charge is -2.29. The normalized spacial score (nSPS) is 14.6. The van der Waals surface area contributed by atoms with E-state index in [4.69, 9.17) is 11.6 Å². The van der Waals surface area contributed by atoms with Gasteiger partial charge >= 0.3 is 6.03 Å². The summed E-state index contributed by atoms with van der Waals surface area (Å²) in [6.45, 7) is 1.94. The van der Waals surface area contributed by atoms with Gasteiger partial charge in [-0.3, -0.25) is 15.1 Å². The summed E-state index contributed by atoms with van der Waals surface area (Å²) >= 11 is 5.81. The number of hydrogen-bond acceptors (Lipinski definition) is 4. The lowest BCUT2D eigenvalue weighted by molar-refractivity contribution is -0.384. The van der Waals surface area contributed by atoms with E-state index in [1.54, 1.807) is 23.4 Å². The van der Waals surface area contributed by atoms with E-state index in [0.29, 0.717) is 5.69 Å². The maximum atomic E-state index is 12.8. The van der Waals surface area contributed by atoms with E-state index >= 15 is 0 Å². The summed E-state index contributed by atoms with van der Waals surface area (Å²) in [7, 11) is 0. The van der Waals surface area contributed by atoms with Crippen LogP contribution in [0.25, 0.3) is 0 Å². The van der Waals surface area contributed by atoms with Gasteiger partial charge in [0, 0.05) is 30.2 Å². The first kappa shape index (κ1) is 17.2. The van der Waals surface area contributed by atoms with Crippen LogP contribution in [-0.2, 0) is 0 Å². The predicted octanol–water partition coefficient (Wildman–Crippen LogP) is 4.40. The van der Waals surface area contributed by atoms with Gasteiger partial charge in [-0.25, -0.2) is 4.79 Å². The zero-order chi connectivity index (χ0) is 18.0. The maximum Gasteiger partial charge on any atom is 0.322 e. The second kappa shape index (κ2) is 7.06. The fraction of sp³-hybridized carbons (Fsp3) is 0.294. The Morgan fingerprint density at radius 2 is 2.20 bits per heavy atom. The van der Waals surface area contributed by atoms with Crippen LogP contribution in [0.3, 0.4) is 0 Å². The van der Waals surface area contributed by atoms with Crippen molar-refractivity contribution in [3.8, 4) is 0 Å². The number of nitrogens with zero attached hydrogens (tertiary/aromatic N) is 3.